The van der Waals surface area contributed by atoms with Gasteiger partial charge in [-0.05, 0) is 48.9 Å². The fourth-order valence-corrected chi connectivity index (χ4v) is 1.73. The Bertz CT molecular complexity index is 634. The number of rotatable bonds is 2. The smallest absolute Gasteiger partial charge is 0.145 e. The molecule has 90 valence electrons. The fourth-order valence-electron chi connectivity index (χ4n) is 1.49. The Labute approximate surface area is 113 Å². The molecule has 18 heavy (non-hydrogen) atoms. The summed E-state index contributed by atoms with van der Waals surface area (Å²) in [6.45, 7) is 1.94. The van der Waals surface area contributed by atoms with E-state index >= 15 is 0 Å². The van der Waals surface area contributed by atoms with Gasteiger partial charge in [0, 0.05) is 4.47 Å². The van der Waals surface area contributed by atoms with E-state index in [1.54, 1.807) is 6.07 Å². The third kappa shape index (κ3) is 2.69. The molecule has 2 aromatic carbocycles. The van der Waals surface area contributed by atoms with Crippen molar-refractivity contribution in [1.82, 2.24) is 0 Å². The van der Waals surface area contributed by atoms with Crippen molar-refractivity contribution in [2.75, 3.05) is 0 Å². The van der Waals surface area contributed by atoms with Crippen LogP contribution in [0.5, 0.6) is 11.5 Å². The van der Waals surface area contributed by atoms with Crippen LogP contribution in [0.3, 0.4) is 0 Å². The Morgan fingerprint density at radius 2 is 2.00 bits per heavy atom. The van der Waals surface area contributed by atoms with E-state index in [4.69, 9.17) is 10.00 Å². The van der Waals surface area contributed by atoms with Gasteiger partial charge in [0.25, 0.3) is 0 Å². The third-order valence-electron chi connectivity index (χ3n) is 2.42. The van der Waals surface area contributed by atoms with Crippen LogP contribution in [-0.4, -0.2) is 0 Å². The molecular weight excluding hydrogens is 297 g/mol. The van der Waals surface area contributed by atoms with Crippen molar-refractivity contribution in [3.8, 4) is 17.6 Å². The lowest BCUT2D eigenvalue weighted by atomic mass is 10.2. The van der Waals surface area contributed by atoms with Crippen LogP contribution in [-0.2, 0) is 0 Å². The summed E-state index contributed by atoms with van der Waals surface area (Å²) in [4.78, 5) is 0. The van der Waals surface area contributed by atoms with E-state index in [0.717, 1.165) is 16.1 Å². The molecule has 2 rings (SSSR count). The largest absolute Gasteiger partial charge is 0.456 e. The molecule has 0 unspecified atom stereocenters. The average molecular weight is 306 g/mol. The van der Waals surface area contributed by atoms with Gasteiger partial charge in [0.05, 0.1) is 5.56 Å². The molecule has 2 aromatic rings. The van der Waals surface area contributed by atoms with E-state index in [-0.39, 0.29) is 5.56 Å². The van der Waals surface area contributed by atoms with Crippen molar-refractivity contribution in [3.63, 3.8) is 0 Å². The highest BCUT2D eigenvalue weighted by Gasteiger charge is 2.07. The van der Waals surface area contributed by atoms with Crippen LogP contribution >= 0.6 is 15.9 Å². The lowest BCUT2D eigenvalue weighted by Crippen LogP contribution is -1.90. The van der Waals surface area contributed by atoms with Gasteiger partial charge in [0.2, 0.25) is 0 Å². The van der Waals surface area contributed by atoms with Gasteiger partial charge in [-0.15, -0.1) is 0 Å². The predicted octanol–water partition coefficient (Wildman–Crippen LogP) is 4.56. The van der Waals surface area contributed by atoms with Crippen molar-refractivity contribution in [2.45, 2.75) is 6.92 Å². The maximum absolute atomic E-state index is 13.0. The zero-order valence-corrected chi connectivity index (χ0v) is 11.2. The molecule has 0 spiro atoms. The number of hydrogen-bond acceptors (Lipinski definition) is 2. The summed E-state index contributed by atoms with van der Waals surface area (Å²) in [6, 6.07) is 11.3. The van der Waals surface area contributed by atoms with Gasteiger partial charge in [-0.25, -0.2) is 4.39 Å². The molecule has 0 bridgehead atoms. The Morgan fingerprint density at radius 1 is 1.22 bits per heavy atom. The first kappa shape index (κ1) is 12.6. The zero-order valence-electron chi connectivity index (χ0n) is 9.58. The minimum Gasteiger partial charge on any atom is -0.456 e. The van der Waals surface area contributed by atoms with Gasteiger partial charge in [-0.2, -0.15) is 5.26 Å². The minimum absolute atomic E-state index is 0.176. The van der Waals surface area contributed by atoms with Crippen molar-refractivity contribution < 1.29 is 9.13 Å². The number of halogens is 2. The standard InChI is InChI=1S/C14H9BrFNO/c1-9-6-12(3-4-13(9)15)18-14-5-2-11(16)7-10(14)8-17/h2-7H,1H3. The third-order valence-corrected chi connectivity index (χ3v) is 3.31. The summed E-state index contributed by atoms with van der Waals surface area (Å²) < 4.78 is 19.5. The van der Waals surface area contributed by atoms with E-state index < -0.39 is 5.82 Å². The van der Waals surface area contributed by atoms with Crippen molar-refractivity contribution >= 4 is 15.9 Å². The molecule has 0 radical (unpaired) electrons. The van der Waals surface area contributed by atoms with E-state index in [9.17, 15) is 4.39 Å². The Morgan fingerprint density at radius 3 is 2.67 bits per heavy atom. The van der Waals surface area contributed by atoms with E-state index in [1.165, 1.54) is 12.1 Å². The molecule has 0 aromatic heterocycles. The van der Waals surface area contributed by atoms with Gasteiger partial charge >= 0.3 is 0 Å². The number of aryl methyl sites for hydroxylation is 1. The summed E-state index contributed by atoms with van der Waals surface area (Å²) in [7, 11) is 0. The van der Waals surface area contributed by atoms with Gasteiger partial charge in [0.1, 0.15) is 23.4 Å². The number of hydrogen-bond donors (Lipinski definition) is 0. The lowest BCUT2D eigenvalue weighted by molar-refractivity contribution is 0.478. The lowest BCUT2D eigenvalue weighted by Gasteiger charge is -2.08. The van der Waals surface area contributed by atoms with E-state index in [0.29, 0.717) is 11.5 Å². The maximum Gasteiger partial charge on any atom is 0.145 e. The predicted molar refractivity (Wildman–Crippen MR) is 70.1 cm³/mol. The van der Waals surface area contributed by atoms with Gasteiger partial charge < -0.3 is 4.74 Å². The molecule has 0 aliphatic heterocycles. The average Bonchev–Trinajstić information content (AvgIpc) is 2.36. The number of ether oxygens (including phenoxy) is 1. The molecule has 0 atom stereocenters. The van der Waals surface area contributed by atoms with Gasteiger partial charge in [-0.1, -0.05) is 15.9 Å². The summed E-state index contributed by atoms with van der Waals surface area (Å²) in [6.07, 6.45) is 0. The number of benzene rings is 2. The zero-order chi connectivity index (χ0) is 13.1. The SMILES string of the molecule is Cc1cc(Oc2ccc(F)cc2C#N)ccc1Br. The molecule has 0 aliphatic rings. The quantitative estimate of drug-likeness (QED) is 0.815. The molecule has 0 saturated heterocycles. The summed E-state index contributed by atoms with van der Waals surface area (Å²) >= 11 is 3.39. The number of nitrogens with zero attached hydrogens (tertiary/aromatic N) is 1. The molecule has 0 amide bonds. The minimum atomic E-state index is -0.453. The molecule has 0 N–H and O–H groups in total. The van der Waals surface area contributed by atoms with Crippen LogP contribution in [0.25, 0.3) is 0 Å². The van der Waals surface area contributed by atoms with Crippen molar-refractivity contribution in [2.24, 2.45) is 0 Å². The molecule has 0 saturated carbocycles. The Kier molecular flexibility index (Phi) is 3.63. The summed E-state index contributed by atoms with van der Waals surface area (Å²) in [5.41, 5.74) is 1.20. The highest BCUT2D eigenvalue weighted by molar-refractivity contribution is 9.10. The molecule has 0 aliphatic carbocycles. The van der Waals surface area contributed by atoms with Crippen molar-refractivity contribution in [1.29, 1.82) is 5.26 Å². The first-order valence-corrected chi connectivity index (χ1v) is 6.03. The summed E-state index contributed by atoms with van der Waals surface area (Å²) in [5, 5.41) is 8.92. The monoisotopic (exact) mass is 305 g/mol. The first-order chi connectivity index (χ1) is 8.60. The number of nitriles is 1. The van der Waals surface area contributed by atoms with Gasteiger partial charge in [0.15, 0.2) is 0 Å². The van der Waals surface area contributed by atoms with Crippen LogP contribution in [0, 0.1) is 24.1 Å². The normalized spacial score (nSPS) is 9.89. The highest BCUT2D eigenvalue weighted by Crippen LogP contribution is 2.28. The van der Waals surface area contributed by atoms with Crippen LogP contribution in [0.4, 0.5) is 4.39 Å². The molecular formula is C14H9BrFNO. The second kappa shape index (κ2) is 5.19. The van der Waals surface area contributed by atoms with E-state index in [2.05, 4.69) is 15.9 Å². The molecule has 4 heteroatoms. The van der Waals surface area contributed by atoms with Crippen LogP contribution in [0.15, 0.2) is 40.9 Å². The Balaban J connectivity index is 2.34. The second-order valence-corrected chi connectivity index (χ2v) is 4.62. The van der Waals surface area contributed by atoms with Crippen LogP contribution in [0.2, 0.25) is 0 Å². The molecule has 0 fully saturated rings. The molecule has 0 heterocycles. The van der Waals surface area contributed by atoms with E-state index in [1.807, 2.05) is 25.1 Å². The first-order valence-electron chi connectivity index (χ1n) is 5.24. The van der Waals surface area contributed by atoms with Gasteiger partial charge in [-0.3, -0.25) is 0 Å². The topological polar surface area (TPSA) is 33.0 Å². The molecule has 2 nitrogen and oxygen atoms in total. The highest BCUT2D eigenvalue weighted by atomic mass is 79.9. The van der Waals surface area contributed by atoms with Crippen LogP contribution < -0.4 is 4.74 Å². The fraction of sp³-hybridized carbons (Fsp3) is 0.0714. The maximum atomic E-state index is 13.0. The second-order valence-electron chi connectivity index (χ2n) is 3.77. The van der Waals surface area contributed by atoms with Crippen molar-refractivity contribution in [3.05, 3.63) is 57.8 Å². The Hall–Kier alpha value is -1.86. The summed E-state index contributed by atoms with van der Waals surface area (Å²) in [5.74, 6) is 0.505. The van der Waals surface area contributed by atoms with Crippen LogP contribution in [0.1, 0.15) is 11.1 Å².